The van der Waals surface area contributed by atoms with Gasteiger partial charge in [-0.2, -0.15) is 0 Å². The van der Waals surface area contributed by atoms with Gasteiger partial charge in [0.2, 0.25) is 5.91 Å². The van der Waals surface area contributed by atoms with Gasteiger partial charge in [-0.1, -0.05) is 16.8 Å². The summed E-state index contributed by atoms with van der Waals surface area (Å²) in [6.07, 6.45) is 1.02. The summed E-state index contributed by atoms with van der Waals surface area (Å²) >= 11 is 5.96. The van der Waals surface area contributed by atoms with E-state index in [0.717, 1.165) is 22.1 Å². The average molecular weight is 495 g/mol. The zero-order valence-corrected chi connectivity index (χ0v) is 19.2. The lowest BCUT2D eigenvalue weighted by atomic mass is 10.0. The van der Waals surface area contributed by atoms with Crippen molar-refractivity contribution in [3.63, 3.8) is 0 Å². The molecule has 11 heteroatoms. The van der Waals surface area contributed by atoms with Crippen molar-refractivity contribution in [2.24, 2.45) is 0 Å². The van der Waals surface area contributed by atoms with E-state index in [9.17, 15) is 24.5 Å². The van der Waals surface area contributed by atoms with Gasteiger partial charge in [-0.05, 0) is 43.2 Å². The molecule has 2 aromatic carbocycles. The summed E-state index contributed by atoms with van der Waals surface area (Å²) in [4.78, 5) is 51.0. The van der Waals surface area contributed by atoms with Gasteiger partial charge in [0, 0.05) is 47.8 Å². The number of benzene rings is 2. The fourth-order valence-corrected chi connectivity index (χ4v) is 4.54. The fraction of sp³-hybridized carbons (Fsp3) is 0.250. The average Bonchev–Trinajstić information content (AvgIpc) is 3.38. The number of non-ortho nitro benzene ring substituents is 1. The molecule has 0 radical (unpaired) electrons. The largest absolute Gasteiger partial charge is 0.356 e. The van der Waals surface area contributed by atoms with Gasteiger partial charge in [-0.3, -0.25) is 29.4 Å². The third-order valence-electron chi connectivity index (χ3n) is 6.24. The van der Waals surface area contributed by atoms with Crippen LogP contribution in [0.15, 0.2) is 47.0 Å². The quantitative estimate of drug-likeness (QED) is 0.289. The normalized spacial score (nSPS) is 14.8. The van der Waals surface area contributed by atoms with Crippen molar-refractivity contribution in [3.8, 4) is 11.3 Å². The van der Waals surface area contributed by atoms with Gasteiger partial charge in [0.05, 0.1) is 22.6 Å². The van der Waals surface area contributed by atoms with Gasteiger partial charge in [0.1, 0.15) is 5.69 Å². The Morgan fingerprint density at radius 3 is 2.60 bits per heavy atom. The highest BCUT2D eigenvalue weighted by atomic mass is 35.5. The fourth-order valence-electron chi connectivity index (χ4n) is 4.41. The zero-order valence-electron chi connectivity index (χ0n) is 18.4. The van der Waals surface area contributed by atoms with Crippen molar-refractivity contribution in [2.75, 3.05) is 13.1 Å². The molecule has 0 spiro atoms. The number of carbonyl (C=O) groups is 3. The third kappa shape index (κ3) is 4.17. The first-order valence-corrected chi connectivity index (χ1v) is 11.4. The molecule has 3 amide bonds. The van der Waals surface area contributed by atoms with Gasteiger partial charge in [-0.25, -0.2) is 0 Å². The molecule has 1 aromatic heterocycles. The van der Waals surface area contributed by atoms with Crippen LogP contribution in [0.4, 0.5) is 5.69 Å². The number of aromatic nitrogens is 1. The topological polar surface area (TPSA) is 127 Å². The molecule has 0 aliphatic carbocycles. The van der Waals surface area contributed by atoms with Crippen LogP contribution in [0.25, 0.3) is 11.3 Å². The molecule has 0 unspecified atom stereocenters. The monoisotopic (exact) mass is 494 g/mol. The summed E-state index contributed by atoms with van der Waals surface area (Å²) in [5, 5.41) is 15.7. The van der Waals surface area contributed by atoms with Crippen molar-refractivity contribution in [1.29, 1.82) is 0 Å². The number of carbonyl (C=O) groups excluding carboxylic acids is 3. The van der Waals surface area contributed by atoms with Crippen molar-refractivity contribution >= 4 is 35.0 Å². The number of nitrogens with zero attached hydrogens (tertiary/aromatic N) is 4. The number of rotatable bonds is 6. The molecule has 0 saturated carbocycles. The molecule has 0 fully saturated rings. The summed E-state index contributed by atoms with van der Waals surface area (Å²) in [6, 6.07) is 10.9. The first-order chi connectivity index (χ1) is 16.8. The molecule has 3 heterocycles. The number of amides is 3. The van der Waals surface area contributed by atoms with Crippen molar-refractivity contribution in [1.82, 2.24) is 15.0 Å². The van der Waals surface area contributed by atoms with Gasteiger partial charge in [0.15, 0.2) is 5.76 Å². The second kappa shape index (κ2) is 8.95. The van der Waals surface area contributed by atoms with E-state index in [1.54, 1.807) is 17.0 Å². The van der Waals surface area contributed by atoms with Gasteiger partial charge < -0.3 is 9.42 Å². The molecule has 35 heavy (non-hydrogen) atoms. The Morgan fingerprint density at radius 2 is 1.86 bits per heavy atom. The van der Waals surface area contributed by atoms with E-state index in [0.29, 0.717) is 36.0 Å². The molecule has 5 rings (SSSR count). The molecule has 0 saturated heterocycles. The minimum atomic E-state index is -0.614. The standard InChI is InChI=1S/C24H19ClN4O6/c25-15-5-3-14(4-6-15)22-18-9-11-27(13-20(18)26-35-22)21(30)2-1-10-28-23(31)17-8-7-16(29(33)34)12-19(17)24(28)32/h3-8,12H,1-2,9-11,13H2. The molecule has 0 N–H and O–H groups in total. The van der Waals surface area contributed by atoms with Crippen LogP contribution in [0.5, 0.6) is 0 Å². The highest BCUT2D eigenvalue weighted by Gasteiger charge is 2.36. The lowest BCUT2D eigenvalue weighted by Gasteiger charge is -2.26. The Hall–Kier alpha value is -4.05. The lowest BCUT2D eigenvalue weighted by Crippen LogP contribution is -2.37. The Labute approximate surface area is 204 Å². The SMILES string of the molecule is O=C(CCCN1C(=O)c2ccc([N+](=O)[O-])cc2C1=O)N1CCc2c(noc2-c2ccc(Cl)cc2)C1. The zero-order chi connectivity index (χ0) is 24.7. The minimum absolute atomic E-state index is 0.0154. The number of nitro benzene ring substituents is 1. The van der Waals surface area contributed by atoms with E-state index in [2.05, 4.69) is 5.16 Å². The molecule has 10 nitrogen and oxygen atoms in total. The van der Waals surface area contributed by atoms with Crippen molar-refractivity contribution in [3.05, 3.63) is 80.0 Å². The van der Waals surface area contributed by atoms with Crippen LogP contribution in [0.2, 0.25) is 5.02 Å². The van der Waals surface area contributed by atoms with E-state index in [-0.39, 0.29) is 42.1 Å². The number of nitro groups is 1. The second-order valence-corrected chi connectivity index (χ2v) is 8.80. The highest BCUT2D eigenvalue weighted by molar-refractivity contribution is 6.30. The summed E-state index contributed by atoms with van der Waals surface area (Å²) in [5.74, 6) is -0.526. The first-order valence-electron chi connectivity index (χ1n) is 11.0. The lowest BCUT2D eigenvalue weighted by molar-refractivity contribution is -0.384. The molecular formula is C24H19ClN4O6. The molecule has 2 aliphatic rings. The van der Waals surface area contributed by atoms with Crippen molar-refractivity contribution in [2.45, 2.75) is 25.8 Å². The second-order valence-electron chi connectivity index (χ2n) is 8.36. The predicted molar refractivity (Wildman–Crippen MR) is 124 cm³/mol. The Balaban J connectivity index is 1.18. The predicted octanol–water partition coefficient (Wildman–Crippen LogP) is 3.86. The highest BCUT2D eigenvalue weighted by Crippen LogP contribution is 2.31. The summed E-state index contributed by atoms with van der Waals surface area (Å²) in [6.45, 7) is 0.877. The Morgan fingerprint density at radius 1 is 1.11 bits per heavy atom. The number of halogens is 1. The number of imide groups is 1. The molecule has 0 atom stereocenters. The maximum Gasteiger partial charge on any atom is 0.270 e. The van der Waals surface area contributed by atoms with Gasteiger partial charge in [0.25, 0.3) is 17.5 Å². The molecule has 2 aliphatic heterocycles. The maximum atomic E-state index is 12.8. The van der Waals surface area contributed by atoms with E-state index in [1.807, 2.05) is 12.1 Å². The smallest absolute Gasteiger partial charge is 0.270 e. The summed E-state index contributed by atoms with van der Waals surface area (Å²) < 4.78 is 5.54. The van der Waals surface area contributed by atoms with Crippen LogP contribution < -0.4 is 0 Å². The Bertz CT molecular complexity index is 1370. The van der Waals surface area contributed by atoms with E-state index in [1.165, 1.54) is 12.1 Å². The summed E-state index contributed by atoms with van der Waals surface area (Å²) in [5.41, 5.74) is 2.44. The number of fused-ring (bicyclic) bond motifs is 2. The number of hydrogen-bond acceptors (Lipinski definition) is 7. The third-order valence-corrected chi connectivity index (χ3v) is 6.49. The van der Waals surface area contributed by atoms with Crippen LogP contribution in [0.1, 0.15) is 44.8 Å². The van der Waals surface area contributed by atoms with E-state index in [4.69, 9.17) is 16.1 Å². The molecule has 0 bridgehead atoms. The van der Waals surface area contributed by atoms with Crippen LogP contribution >= 0.6 is 11.6 Å². The molecule has 3 aromatic rings. The first kappa shape index (κ1) is 22.7. The van der Waals surface area contributed by atoms with E-state index >= 15 is 0 Å². The van der Waals surface area contributed by atoms with Crippen LogP contribution in [0.3, 0.4) is 0 Å². The van der Waals surface area contributed by atoms with Gasteiger partial charge in [-0.15, -0.1) is 0 Å². The van der Waals surface area contributed by atoms with Crippen molar-refractivity contribution < 1.29 is 23.8 Å². The van der Waals surface area contributed by atoms with Gasteiger partial charge >= 0.3 is 0 Å². The van der Waals surface area contributed by atoms with Crippen LogP contribution in [-0.2, 0) is 17.8 Å². The molecular weight excluding hydrogens is 476 g/mol. The Kier molecular flexibility index (Phi) is 5.81. The number of hydrogen-bond donors (Lipinski definition) is 0. The van der Waals surface area contributed by atoms with Crippen LogP contribution in [0, 0.1) is 10.1 Å². The van der Waals surface area contributed by atoms with E-state index < -0.39 is 16.7 Å². The minimum Gasteiger partial charge on any atom is -0.356 e. The van der Waals surface area contributed by atoms with Crippen LogP contribution in [-0.4, -0.2) is 50.7 Å². The summed E-state index contributed by atoms with van der Waals surface area (Å²) in [7, 11) is 0. The molecule has 178 valence electrons. The maximum absolute atomic E-state index is 12.8.